The standard InChI is InChI=1S/C19H14ClNO3S2/c1-25-15-8-4-12(5-9-15)17(22)10-24-19(23)16-11-26-18(21-16)13-2-6-14(20)7-3-13/h2-9,11H,10H2,1H3. The van der Waals surface area contributed by atoms with Crippen LogP contribution in [-0.2, 0) is 4.74 Å². The van der Waals surface area contributed by atoms with Crippen molar-refractivity contribution in [2.75, 3.05) is 12.9 Å². The molecule has 0 N–H and O–H groups in total. The van der Waals surface area contributed by atoms with E-state index < -0.39 is 5.97 Å². The number of thiazole rings is 1. The van der Waals surface area contributed by atoms with E-state index in [1.54, 1.807) is 41.4 Å². The summed E-state index contributed by atoms with van der Waals surface area (Å²) >= 11 is 8.79. The number of halogens is 1. The molecule has 3 aromatic rings. The Labute approximate surface area is 164 Å². The molecule has 1 aromatic heterocycles. The molecule has 7 heteroatoms. The van der Waals surface area contributed by atoms with Gasteiger partial charge in [0.15, 0.2) is 18.1 Å². The van der Waals surface area contributed by atoms with Crippen molar-refractivity contribution in [3.63, 3.8) is 0 Å². The second kappa shape index (κ2) is 8.49. The van der Waals surface area contributed by atoms with Gasteiger partial charge in [0, 0.05) is 26.4 Å². The number of hydrogen-bond acceptors (Lipinski definition) is 6. The van der Waals surface area contributed by atoms with Crippen LogP contribution in [0.5, 0.6) is 0 Å². The van der Waals surface area contributed by atoms with Crippen molar-refractivity contribution < 1.29 is 14.3 Å². The zero-order chi connectivity index (χ0) is 18.5. The van der Waals surface area contributed by atoms with E-state index in [-0.39, 0.29) is 18.1 Å². The third kappa shape index (κ3) is 4.52. The van der Waals surface area contributed by atoms with Gasteiger partial charge in [0.25, 0.3) is 0 Å². The summed E-state index contributed by atoms with van der Waals surface area (Å²) in [5.74, 6) is -0.866. The van der Waals surface area contributed by atoms with E-state index >= 15 is 0 Å². The van der Waals surface area contributed by atoms with E-state index in [0.717, 1.165) is 10.5 Å². The Morgan fingerprint density at radius 3 is 2.46 bits per heavy atom. The Hall–Kier alpha value is -2.15. The fourth-order valence-electron chi connectivity index (χ4n) is 2.16. The summed E-state index contributed by atoms with van der Waals surface area (Å²) in [4.78, 5) is 29.6. The maximum Gasteiger partial charge on any atom is 0.358 e. The van der Waals surface area contributed by atoms with Crippen LogP contribution in [0.4, 0.5) is 0 Å². The normalized spacial score (nSPS) is 10.5. The molecule has 0 fully saturated rings. The number of hydrogen-bond donors (Lipinski definition) is 0. The van der Waals surface area contributed by atoms with Gasteiger partial charge in [-0.2, -0.15) is 0 Å². The van der Waals surface area contributed by atoms with Gasteiger partial charge in [-0.05, 0) is 30.5 Å². The van der Waals surface area contributed by atoms with E-state index in [1.165, 1.54) is 11.3 Å². The SMILES string of the molecule is CSc1ccc(C(=O)COC(=O)c2csc(-c3ccc(Cl)cc3)n2)cc1. The summed E-state index contributed by atoms with van der Waals surface area (Å²) in [6.45, 7) is -0.314. The minimum atomic E-state index is -0.615. The predicted octanol–water partition coefficient (Wildman–Crippen LogP) is 5.23. The van der Waals surface area contributed by atoms with Crippen LogP contribution in [-0.4, -0.2) is 29.6 Å². The van der Waals surface area contributed by atoms with Gasteiger partial charge in [-0.15, -0.1) is 23.1 Å². The predicted molar refractivity (Wildman–Crippen MR) is 105 cm³/mol. The Bertz CT molecular complexity index is 921. The Morgan fingerprint density at radius 1 is 1.12 bits per heavy atom. The molecular formula is C19H14ClNO3S2. The first-order chi connectivity index (χ1) is 12.6. The molecule has 26 heavy (non-hydrogen) atoms. The highest BCUT2D eigenvalue weighted by Crippen LogP contribution is 2.25. The number of aromatic nitrogens is 1. The van der Waals surface area contributed by atoms with Gasteiger partial charge in [-0.1, -0.05) is 35.9 Å². The number of benzene rings is 2. The zero-order valence-corrected chi connectivity index (χ0v) is 16.2. The van der Waals surface area contributed by atoms with Crippen LogP contribution in [0.25, 0.3) is 10.6 Å². The second-order valence-electron chi connectivity index (χ2n) is 5.27. The molecule has 0 spiro atoms. The van der Waals surface area contributed by atoms with Crippen molar-refractivity contribution in [3.05, 3.63) is 70.2 Å². The smallest absolute Gasteiger partial charge is 0.358 e. The van der Waals surface area contributed by atoms with Gasteiger partial charge >= 0.3 is 5.97 Å². The van der Waals surface area contributed by atoms with Gasteiger partial charge in [-0.3, -0.25) is 4.79 Å². The number of rotatable bonds is 6. The number of Topliss-reactive ketones (excluding diaryl/α,β-unsaturated/α-hetero) is 1. The highest BCUT2D eigenvalue weighted by atomic mass is 35.5. The fraction of sp³-hybridized carbons (Fsp3) is 0.105. The number of esters is 1. The van der Waals surface area contributed by atoms with Gasteiger partial charge in [0.2, 0.25) is 0 Å². The van der Waals surface area contributed by atoms with Crippen molar-refractivity contribution in [2.45, 2.75) is 4.90 Å². The fourth-order valence-corrected chi connectivity index (χ4v) is 3.49. The molecule has 0 amide bonds. The van der Waals surface area contributed by atoms with E-state index in [0.29, 0.717) is 15.6 Å². The summed E-state index contributed by atoms with van der Waals surface area (Å²) < 4.78 is 5.10. The highest BCUT2D eigenvalue weighted by Gasteiger charge is 2.15. The third-order valence-corrected chi connectivity index (χ3v) is 5.44. The van der Waals surface area contributed by atoms with Gasteiger partial charge in [0.05, 0.1) is 0 Å². The van der Waals surface area contributed by atoms with Crippen LogP contribution >= 0.6 is 34.7 Å². The van der Waals surface area contributed by atoms with Crippen molar-refractivity contribution in [1.82, 2.24) is 4.98 Å². The topological polar surface area (TPSA) is 56.3 Å². The van der Waals surface area contributed by atoms with Gasteiger partial charge in [0.1, 0.15) is 5.01 Å². The molecule has 0 saturated heterocycles. The summed E-state index contributed by atoms with van der Waals surface area (Å²) in [6.07, 6.45) is 1.96. The minimum Gasteiger partial charge on any atom is -0.453 e. The summed E-state index contributed by atoms with van der Waals surface area (Å²) in [5.41, 5.74) is 1.56. The van der Waals surface area contributed by atoms with E-state index in [9.17, 15) is 9.59 Å². The van der Waals surface area contributed by atoms with E-state index in [1.807, 2.05) is 30.5 Å². The van der Waals surface area contributed by atoms with E-state index in [4.69, 9.17) is 16.3 Å². The van der Waals surface area contributed by atoms with Crippen LogP contribution < -0.4 is 0 Å². The molecule has 0 saturated carbocycles. The van der Waals surface area contributed by atoms with Crippen molar-refractivity contribution >= 4 is 46.5 Å². The first kappa shape index (κ1) is 18.6. The van der Waals surface area contributed by atoms with Gasteiger partial charge in [-0.25, -0.2) is 9.78 Å². The number of thioether (sulfide) groups is 1. The molecule has 0 bridgehead atoms. The lowest BCUT2D eigenvalue weighted by Gasteiger charge is -2.03. The molecule has 0 aliphatic carbocycles. The first-order valence-electron chi connectivity index (χ1n) is 7.62. The molecule has 3 rings (SSSR count). The first-order valence-corrected chi connectivity index (χ1v) is 10.1. The molecule has 0 aliphatic heterocycles. The number of nitrogens with zero attached hydrogens (tertiary/aromatic N) is 1. The quantitative estimate of drug-likeness (QED) is 0.320. The molecule has 4 nitrogen and oxygen atoms in total. The highest BCUT2D eigenvalue weighted by molar-refractivity contribution is 7.98. The molecule has 0 atom stereocenters. The maximum absolute atomic E-state index is 12.1. The monoisotopic (exact) mass is 403 g/mol. The Kier molecular flexibility index (Phi) is 6.08. The van der Waals surface area contributed by atoms with Crippen LogP contribution in [0.3, 0.4) is 0 Å². The molecule has 132 valence electrons. The number of ether oxygens (including phenoxy) is 1. The average molecular weight is 404 g/mol. The molecule has 2 aromatic carbocycles. The molecule has 1 heterocycles. The van der Waals surface area contributed by atoms with Crippen LogP contribution in [0.1, 0.15) is 20.8 Å². The van der Waals surface area contributed by atoms with E-state index in [2.05, 4.69) is 4.98 Å². The molecule has 0 aliphatic rings. The average Bonchev–Trinajstić information content (AvgIpc) is 3.16. The summed E-state index contributed by atoms with van der Waals surface area (Å²) in [7, 11) is 0. The second-order valence-corrected chi connectivity index (χ2v) is 7.45. The molecule has 0 unspecified atom stereocenters. The largest absolute Gasteiger partial charge is 0.453 e. The zero-order valence-electron chi connectivity index (χ0n) is 13.8. The van der Waals surface area contributed by atoms with Crippen molar-refractivity contribution in [1.29, 1.82) is 0 Å². The van der Waals surface area contributed by atoms with Crippen LogP contribution in [0.15, 0.2) is 58.8 Å². The Balaban J connectivity index is 1.61. The minimum absolute atomic E-state index is 0.186. The Morgan fingerprint density at radius 2 is 1.81 bits per heavy atom. The number of carbonyl (C=O) groups excluding carboxylic acids is 2. The maximum atomic E-state index is 12.1. The lowest BCUT2D eigenvalue weighted by atomic mass is 10.1. The summed E-state index contributed by atoms with van der Waals surface area (Å²) in [6, 6.07) is 14.4. The lowest BCUT2D eigenvalue weighted by Crippen LogP contribution is -2.14. The summed E-state index contributed by atoms with van der Waals surface area (Å²) in [5, 5.41) is 2.94. The molecular weight excluding hydrogens is 390 g/mol. The van der Waals surface area contributed by atoms with Crippen molar-refractivity contribution in [3.8, 4) is 10.6 Å². The van der Waals surface area contributed by atoms with Gasteiger partial charge < -0.3 is 4.74 Å². The number of carbonyl (C=O) groups is 2. The third-order valence-electron chi connectivity index (χ3n) is 3.55. The number of ketones is 1. The molecule has 0 radical (unpaired) electrons. The van der Waals surface area contributed by atoms with Crippen LogP contribution in [0.2, 0.25) is 5.02 Å². The lowest BCUT2D eigenvalue weighted by molar-refractivity contribution is 0.0470. The van der Waals surface area contributed by atoms with Crippen LogP contribution in [0, 0.1) is 0 Å². The van der Waals surface area contributed by atoms with Crippen molar-refractivity contribution in [2.24, 2.45) is 0 Å².